The molecule has 4 nitrogen and oxygen atoms in total. The minimum Gasteiger partial charge on any atom is -0.378 e. The smallest absolute Gasteiger partial charge is 0.274 e. The van der Waals surface area contributed by atoms with Crippen molar-refractivity contribution in [3.63, 3.8) is 0 Å². The first-order chi connectivity index (χ1) is 9.88. The number of hydrogen-bond acceptors (Lipinski definition) is 3. The van der Waals surface area contributed by atoms with Gasteiger partial charge >= 0.3 is 0 Å². The first-order valence-corrected chi connectivity index (χ1v) is 7.74. The molecule has 2 rings (SSSR count). The molecule has 21 heavy (non-hydrogen) atoms. The van der Waals surface area contributed by atoms with Gasteiger partial charge in [0.15, 0.2) is 0 Å². The minimum atomic E-state index is -0.338. The number of nitro benzene ring substituents is 1. The van der Waals surface area contributed by atoms with Gasteiger partial charge < -0.3 is 5.32 Å². The second-order valence-electron chi connectivity index (χ2n) is 5.13. The lowest BCUT2D eigenvalue weighted by atomic mass is 10.1. The number of anilines is 1. The van der Waals surface area contributed by atoms with E-state index in [0.29, 0.717) is 5.56 Å². The van der Waals surface area contributed by atoms with Crippen LogP contribution in [-0.4, -0.2) is 4.92 Å². The minimum absolute atomic E-state index is 0.0861. The summed E-state index contributed by atoms with van der Waals surface area (Å²) < 4.78 is 1.19. The van der Waals surface area contributed by atoms with Crippen LogP contribution in [0.15, 0.2) is 36.4 Å². The Kier molecular flexibility index (Phi) is 4.82. The second-order valence-corrected chi connectivity index (χ2v) is 6.37. The molecular formula is C16H17IN2O2. The van der Waals surface area contributed by atoms with Gasteiger partial charge in [-0.1, -0.05) is 12.1 Å². The molecule has 0 aliphatic carbocycles. The van der Waals surface area contributed by atoms with Crippen LogP contribution in [0.2, 0.25) is 0 Å². The molecule has 0 spiro atoms. The zero-order valence-electron chi connectivity index (χ0n) is 12.2. The number of nitrogens with zero attached hydrogens (tertiary/aromatic N) is 1. The molecular weight excluding hydrogens is 379 g/mol. The fourth-order valence-corrected chi connectivity index (χ4v) is 2.62. The van der Waals surface area contributed by atoms with Gasteiger partial charge in [0.25, 0.3) is 5.69 Å². The number of rotatable bonds is 4. The maximum atomic E-state index is 11.1. The van der Waals surface area contributed by atoms with E-state index in [2.05, 4.69) is 52.2 Å². The third kappa shape index (κ3) is 3.72. The molecule has 0 aliphatic rings. The molecule has 0 amide bonds. The van der Waals surface area contributed by atoms with Crippen LogP contribution in [0.3, 0.4) is 0 Å². The molecule has 0 radical (unpaired) electrons. The third-order valence-electron chi connectivity index (χ3n) is 3.48. The van der Waals surface area contributed by atoms with Gasteiger partial charge in [-0.05, 0) is 72.7 Å². The lowest BCUT2D eigenvalue weighted by molar-refractivity contribution is -0.385. The van der Waals surface area contributed by atoms with Crippen molar-refractivity contribution >= 4 is 34.0 Å². The van der Waals surface area contributed by atoms with Crippen molar-refractivity contribution in [2.45, 2.75) is 26.8 Å². The monoisotopic (exact) mass is 396 g/mol. The molecule has 1 N–H and O–H groups in total. The summed E-state index contributed by atoms with van der Waals surface area (Å²) in [6.45, 7) is 5.77. The van der Waals surface area contributed by atoms with Crippen LogP contribution in [0.4, 0.5) is 11.4 Å². The predicted molar refractivity (Wildman–Crippen MR) is 93.8 cm³/mol. The van der Waals surface area contributed by atoms with Gasteiger partial charge in [0.05, 0.1) is 4.92 Å². The molecule has 0 bridgehead atoms. The molecule has 5 heteroatoms. The first-order valence-electron chi connectivity index (χ1n) is 6.66. The number of nitrogens with one attached hydrogen (secondary N) is 1. The summed E-state index contributed by atoms with van der Waals surface area (Å²) in [6, 6.07) is 11.8. The van der Waals surface area contributed by atoms with E-state index in [1.165, 1.54) is 3.57 Å². The maximum absolute atomic E-state index is 11.1. The fourth-order valence-electron chi connectivity index (χ4n) is 2.26. The molecule has 110 valence electrons. The summed E-state index contributed by atoms with van der Waals surface area (Å²) in [5.41, 5.74) is 3.80. The maximum Gasteiger partial charge on any atom is 0.274 e. The van der Waals surface area contributed by atoms with Gasteiger partial charge in [0.1, 0.15) is 0 Å². The highest BCUT2D eigenvalue weighted by Gasteiger charge is 2.15. The van der Waals surface area contributed by atoms with Crippen molar-refractivity contribution in [1.29, 1.82) is 0 Å². The SMILES string of the molecule is Cc1cc(C)c([N+](=O)[O-])cc1NC(C)c1ccc(I)cc1. The van der Waals surface area contributed by atoms with Crippen LogP contribution >= 0.6 is 22.6 Å². The standard InChI is InChI=1S/C16H17IN2O2/c1-10-8-11(2)16(19(20)21)9-15(10)18-12(3)13-4-6-14(17)7-5-13/h4-9,12,18H,1-3H3. The first kappa shape index (κ1) is 15.8. The Morgan fingerprint density at radius 1 is 1.14 bits per heavy atom. The van der Waals surface area contributed by atoms with Crippen LogP contribution < -0.4 is 5.32 Å². The molecule has 1 unspecified atom stereocenters. The Labute approximate surface area is 137 Å². The van der Waals surface area contributed by atoms with E-state index < -0.39 is 0 Å². The Morgan fingerprint density at radius 3 is 2.33 bits per heavy atom. The largest absolute Gasteiger partial charge is 0.378 e. The van der Waals surface area contributed by atoms with Crippen molar-refractivity contribution < 1.29 is 4.92 Å². The van der Waals surface area contributed by atoms with Crippen molar-refractivity contribution in [2.75, 3.05) is 5.32 Å². The van der Waals surface area contributed by atoms with E-state index in [4.69, 9.17) is 0 Å². The third-order valence-corrected chi connectivity index (χ3v) is 4.20. The van der Waals surface area contributed by atoms with Crippen LogP contribution in [0.25, 0.3) is 0 Å². The summed E-state index contributed by atoms with van der Waals surface area (Å²) >= 11 is 2.27. The second kappa shape index (κ2) is 6.43. The average molecular weight is 396 g/mol. The van der Waals surface area contributed by atoms with E-state index in [1.807, 2.05) is 19.9 Å². The van der Waals surface area contributed by atoms with Crippen molar-refractivity contribution in [3.05, 3.63) is 66.8 Å². The molecule has 2 aromatic rings. The lowest BCUT2D eigenvalue weighted by Gasteiger charge is -2.18. The van der Waals surface area contributed by atoms with Crippen LogP contribution in [0.5, 0.6) is 0 Å². The van der Waals surface area contributed by atoms with E-state index in [0.717, 1.165) is 16.8 Å². The molecule has 2 aromatic carbocycles. The van der Waals surface area contributed by atoms with Gasteiger partial charge in [0.2, 0.25) is 0 Å². The Morgan fingerprint density at radius 2 is 1.76 bits per heavy atom. The molecule has 0 aliphatic heterocycles. The quantitative estimate of drug-likeness (QED) is 0.450. The summed E-state index contributed by atoms with van der Waals surface area (Å²) in [7, 11) is 0. The molecule has 0 saturated carbocycles. The molecule has 1 atom stereocenters. The van der Waals surface area contributed by atoms with Gasteiger partial charge in [-0.15, -0.1) is 0 Å². The van der Waals surface area contributed by atoms with E-state index >= 15 is 0 Å². The number of aryl methyl sites for hydroxylation is 2. The molecule has 0 heterocycles. The summed E-state index contributed by atoms with van der Waals surface area (Å²) in [6.07, 6.45) is 0. The summed E-state index contributed by atoms with van der Waals surface area (Å²) in [4.78, 5) is 10.7. The van der Waals surface area contributed by atoms with E-state index in [1.54, 1.807) is 13.0 Å². The van der Waals surface area contributed by atoms with Gasteiger partial charge in [-0.25, -0.2) is 0 Å². The zero-order valence-corrected chi connectivity index (χ0v) is 14.3. The molecule has 0 aromatic heterocycles. The number of hydrogen-bond donors (Lipinski definition) is 1. The number of benzene rings is 2. The summed E-state index contributed by atoms with van der Waals surface area (Å²) in [5.74, 6) is 0. The normalized spacial score (nSPS) is 12.0. The fraction of sp³-hybridized carbons (Fsp3) is 0.250. The zero-order chi connectivity index (χ0) is 15.6. The predicted octanol–water partition coefficient (Wildman–Crippen LogP) is 4.99. The Hall–Kier alpha value is -1.63. The van der Waals surface area contributed by atoms with Crippen LogP contribution in [-0.2, 0) is 0 Å². The summed E-state index contributed by atoms with van der Waals surface area (Å²) in [5, 5.41) is 14.4. The number of nitro groups is 1. The topological polar surface area (TPSA) is 55.2 Å². The molecule has 0 saturated heterocycles. The van der Waals surface area contributed by atoms with Gasteiger partial charge in [-0.3, -0.25) is 10.1 Å². The number of halogens is 1. The Bertz CT molecular complexity index is 669. The van der Waals surface area contributed by atoms with Crippen LogP contribution in [0, 0.1) is 27.5 Å². The van der Waals surface area contributed by atoms with Crippen molar-refractivity contribution in [3.8, 4) is 0 Å². The lowest BCUT2D eigenvalue weighted by Crippen LogP contribution is -2.08. The molecule has 0 fully saturated rings. The highest BCUT2D eigenvalue weighted by Crippen LogP contribution is 2.29. The van der Waals surface area contributed by atoms with Crippen molar-refractivity contribution in [2.24, 2.45) is 0 Å². The highest BCUT2D eigenvalue weighted by atomic mass is 127. The van der Waals surface area contributed by atoms with E-state index in [9.17, 15) is 10.1 Å². The Balaban J connectivity index is 2.28. The highest BCUT2D eigenvalue weighted by molar-refractivity contribution is 14.1. The van der Waals surface area contributed by atoms with Gasteiger partial charge in [0, 0.05) is 26.9 Å². The average Bonchev–Trinajstić information content (AvgIpc) is 2.42. The van der Waals surface area contributed by atoms with Crippen LogP contribution in [0.1, 0.15) is 29.7 Å². The van der Waals surface area contributed by atoms with Gasteiger partial charge in [-0.2, -0.15) is 0 Å². The van der Waals surface area contributed by atoms with Crippen molar-refractivity contribution in [1.82, 2.24) is 0 Å². The van der Waals surface area contributed by atoms with E-state index in [-0.39, 0.29) is 16.7 Å².